The number of benzene rings is 2. The van der Waals surface area contributed by atoms with Crippen molar-refractivity contribution in [1.29, 1.82) is 0 Å². The minimum Gasteiger partial charge on any atom is -0.507 e. The van der Waals surface area contributed by atoms with Crippen LogP contribution in [0.1, 0.15) is 29.2 Å². The number of ketones is 1. The molecule has 1 fully saturated rings. The van der Waals surface area contributed by atoms with Crippen LogP contribution in [-0.4, -0.2) is 60.4 Å². The van der Waals surface area contributed by atoms with Crippen LogP contribution < -0.4 is 4.74 Å². The van der Waals surface area contributed by atoms with E-state index >= 15 is 0 Å². The fraction of sp³-hybridized carbons (Fsp3) is 0.308. The molecule has 3 rings (SSSR count). The molecule has 1 aliphatic heterocycles. The lowest BCUT2D eigenvalue weighted by Crippen LogP contribution is -2.32. The summed E-state index contributed by atoms with van der Waals surface area (Å²) < 4.78 is 5.61. The number of hydrogen-bond acceptors (Lipinski definition) is 5. The minimum absolute atomic E-state index is 0.0753. The smallest absolute Gasteiger partial charge is 0.295 e. The van der Waals surface area contributed by atoms with Gasteiger partial charge in [-0.3, -0.25) is 9.59 Å². The fourth-order valence-corrected chi connectivity index (χ4v) is 4.05. The Hall–Kier alpha value is -3.09. The molecule has 6 nitrogen and oxygen atoms in total. The molecule has 0 saturated carbocycles. The van der Waals surface area contributed by atoms with Crippen molar-refractivity contribution in [2.75, 3.05) is 33.8 Å². The number of aliphatic hydroxyl groups excluding tert-OH is 1. The third kappa shape index (κ3) is 5.46. The van der Waals surface area contributed by atoms with Crippen LogP contribution in [0.3, 0.4) is 0 Å². The van der Waals surface area contributed by atoms with Gasteiger partial charge in [0.15, 0.2) is 0 Å². The summed E-state index contributed by atoms with van der Waals surface area (Å²) in [5.41, 5.74) is 2.03. The number of ether oxygens (including phenoxy) is 1. The molecule has 1 unspecified atom stereocenters. The lowest BCUT2D eigenvalue weighted by molar-refractivity contribution is -0.139. The van der Waals surface area contributed by atoms with E-state index in [9.17, 15) is 14.7 Å². The van der Waals surface area contributed by atoms with Gasteiger partial charge in [0, 0.05) is 17.1 Å². The van der Waals surface area contributed by atoms with Crippen molar-refractivity contribution in [3.8, 4) is 5.75 Å². The van der Waals surface area contributed by atoms with Gasteiger partial charge in [-0.15, -0.1) is 0 Å². The number of carbonyl (C=O) groups is 2. The topological polar surface area (TPSA) is 70.1 Å². The summed E-state index contributed by atoms with van der Waals surface area (Å²) in [6.45, 7) is 7.01. The van der Waals surface area contributed by atoms with Crippen molar-refractivity contribution < 1.29 is 19.4 Å². The first-order chi connectivity index (χ1) is 15.7. The molecule has 1 heterocycles. The summed E-state index contributed by atoms with van der Waals surface area (Å²) in [7, 11) is 3.91. The molecule has 33 heavy (non-hydrogen) atoms. The highest BCUT2D eigenvalue weighted by Crippen LogP contribution is 2.40. The molecular weight excluding hydrogens is 440 g/mol. The van der Waals surface area contributed by atoms with Crippen molar-refractivity contribution in [3.05, 3.63) is 82.4 Å². The number of likely N-dealkylation sites (tertiary alicyclic amines) is 1. The highest BCUT2D eigenvalue weighted by molar-refractivity contribution is 6.46. The van der Waals surface area contributed by atoms with E-state index in [0.29, 0.717) is 41.5 Å². The normalized spacial score (nSPS) is 17.6. The molecule has 2 aromatic rings. The van der Waals surface area contributed by atoms with E-state index in [-0.39, 0.29) is 11.3 Å². The molecule has 0 aliphatic carbocycles. The number of carbonyl (C=O) groups excluding carboxylic acids is 2. The average Bonchev–Trinajstić information content (AvgIpc) is 3.03. The Morgan fingerprint density at radius 1 is 1.21 bits per heavy atom. The largest absolute Gasteiger partial charge is 0.507 e. The predicted octanol–water partition coefficient (Wildman–Crippen LogP) is 4.59. The van der Waals surface area contributed by atoms with Crippen molar-refractivity contribution >= 4 is 29.1 Å². The van der Waals surface area contributed by atoms with Crippen LogP contribution in [0, 0.1) is 6.92 Å². The second kappa shape index (κ2) is 10.7. The maximum absolute atomic E-state index is 13.1. The van der Waals surface area contributed by atoms with E-state index in [1.807, 2.05) is 25.9 Å². The first kappa shape index (κ1) is 24.6. The molecule has 1 amide bonds. The number of hydrogen-bond donors (Lipinski definition) is 1. The second-order valence-electron chi connectivity index (χ2n) is 8.28. The number of amides is 1. The Balaban J connectivity index is 2.06. The third-order valence-electron chi connectivity index (χ3n) is 5.54. The van der Waals surface area contributed by atoms with E-state index < -0.39 is 17.7 Å². The first-order valence-corrected chi connectivity index (χ1v) is 11.2. The van der Waals surface area contributed by atoms with E-state index in [1.165, 1.54) is 4.90 Å². The van der Waals surface area contributed by atoms with Crippen molar-refractivity contribution in [3.63, 3.8) is 0 Å². The highest BCUT2D eigenvalue weighted by Gasteiger charge is 2.45. The summed E-state index contributed by atoms with van der Waals surface area (Å²) in [5, 5.41) is 11.8. The van der Waals surface area contributed by atoms with Crippen molar-refractivity contribution in [1.82, 2.24) is 9.80 Å². The maximum Gasteiger partial charge on any atom is 0.295 e. The van der Waals surface area contributed by atoms with Gasteiger partial charge in [0.25, 0.3) is 11.7 Å². The van der Waals surface area contributed by atoms with Gasteiger partial charge in [-0.2, -0.15) is 0 Å². The first-order valence-electron chi connectivity index (χ1n) is 10.8. The third-order valence-corrected chi connectivity index (χ3v) is 5.79. The Kier molecular flexibility index (Phi) is 7.95. The van der Waals surface area contributed by atoms with Crippen molar-refractivity contribution in [2.24, 2.45) is 0 Å². The lowest BCUT2D eigenvalue weighted by atomic mass is 9.94. The molecule has 1 N–H and O–H groups in total. The molecular formula is C26H29ClN2O4. The van der Waals surface area contributed by atoms with Crippen LogP contribution in [0.25, 0.3) is 5.76 Å². The molecule has 1 saturated heterocycles. The highest BCUT2D eigenvalue weighted by atomic mass is 35.5. The van der Waals surface area contributed by atoms with Gasteiger partial charge in [-0.1, -0.05) is 36.4 Å². The molecule has 0 aromatic heterocycles. The summed E-state index contributed by atoms with van der Waals surface area (Å²) >= 11 is 6.06. The maximum atomic E-state index is 13.1. The summed E-state index contributed by atoms with van der Waals surface area (Å²) in [5.74, 6) is -0.855. The van der Waals surface area contributed by atoms with E-state index in [0.717, 1.165) is 12.1 Å². The van der Waals surface area contributed by atoms with Crippen LogP contribution in [-0.2, 0) is 9.59 Å². The zero-order chi connectivity index (χ0) is 24.1. The number of nitrogens with zero attached hydrogens (tertiary/aromatic N) is 2. The van der Waals surface area contributed by atoms with Crippen LogP contribution in [0.15, 0.2) is 60.7 Å². The van der Waals surface area contributed by atoms with Gasteiger partial charge in [0.2, 0.25) is 0 Å². The van der Waals surface area contributed by atoms with Crippen molar-refractivity contribution in [2.45, 2.75) is 19.4 Å². The monoisotopic (exact) mass is 468 g/mol. The number of aryl methyl sites for hydroxylation is 1. The summed E-state index contributed by atoms with van der Waals surface area (Å²) in [6.07, 6.45) is 2.34. The SMILES string of the molecule is C=CCOc1ccc(/C(O)=C2/C(=O)C(=O)N(CCCN(C)C)C2c2ccc(Cl)cc2)cc1C. The lowest BCUT2D eigenvalue weighted by Gasteiger charge is -2.26. The Morgan fingerprint density at radius 3 is 2.52 bits per heavy atom. The van der Waals surface area contributed by atoms with Crippen LogP contribution in [0.5, 0.6) is 5.75 Å². The van der Waals surface area contributed by atoms with Gasteiger partial charge < -0.3 is 19.6 Å². The minimum atomic E-state index is -0.693. The Labute approximate surface area is 199 Å². The molecule has 0 bridgehead atoms. The standard InChI is InChI=1S/C26H29ClN2O4/c1-5-15-33-21-12-9-19(16-17(21)2)24(30)22-23(18-7-10-20(27)11-8-18)29(26(32)25(22)31)14-6-13-28(3)4/h5,7-12,16,23,30H,1,6,13-15H2,2-4H3/b24-22-. The zero-order valence-corrected chi connectivity index (χ0v) is 19.9. The molecule has 1 atom stereocenters. The van der Waals surface area contributed by atoms with Crippen LogP contribution >= 0.6 is 11.6 Å². The summed E-state index contributed by atoms with van der Waals surface area (Å²) in [4.78, 5) is 29.6. The molecule has 0 spiro atoms. The van der Waals surface area contributed by atoms with Gasteiger partial charge in [-0.25, -0.2) is 0 Å². The van der Waals surface area contributed by atoms with Crippen LogP contribution in [0.2, 0.25) is 5.02 Å². The van der Waals surface area contributed by atoms with Gasteiger partial charge in [0.1, 0.15) is 18.1 Å². The van der Waals surface area contributed by atoms with E-state index in [4.69, 9.17) is 16.3 Å². The van der Waals surface area contributed by atoms with E-state index in [2.05, 4.69) is 6.58 Å². The quantitative estimate of drug-likeness (QED) is 0.252. The molecule has 174 valence electrons. The fourth-order valence-electron chi connectivity index (χ4n) is 3.92. The van der Waals surface area contributed by atoms with Gasteiger partial charge >= 0.3 is 0 Å². The van der Waals surface area contributed by atoms with E-state index in [1.54, 1.807) is 48.5 Å². The number of aliphatic hydroxyl groups is 1. The van der Waals surface area contributed by atoms with Gasteiger partial charge in [0.05, 0.1) is 11.6 Å². The number of rotatable bonds is 9. The molecule has 0 radical (unpaired) electrons. The second-order valence-corrected chi connectivity index (χ2v) is 8.72. The van der Waals surface area contributed by atoms with Crippen LogP contribution in [0.4, 0.5) is 0 Å². The molecule has 7 heteroatoms. The predicted molar refractivity (Wildman–Crippen MR) is 131 cm³/mol. The average molecular weight is 469 g/mol. The molecule has 1 aliphatic rings. The Morgan fingerprint density at radius 2 is 1.91 bits per heavy atom. The number of halogens is 1. The number of Topliss-reactive ketones (excluding diaryl/α,β-unsaturated/α-hetero) is 1. The zero-order valence-electron chi connectivity index (χ0n) is 19.2. The molecule has 2 aromatic carbocycles. The summed E-state index contributed by atoms with van der Waals surface area (Å²) in [6, 6.07) is 11.5. The van der Waals surface area contributed by atoms with Gasteiger partial charge in [-0.05, 0) is 75.4 Å². The Bertz CT molecular complexity index is 1080.